The van der Waals surface area contributed by atoms with Crippen molar-refractivity contribution in [2.45, 2.75) is 26.3 Å². The number of anilines is 1. The van der Waals surface area contributed by atoms with Gasteiger partial charge in [-0.05, 0) is 48.8 Å². The molecule has 0 saturated heterocycles. The van der Waals surface area contributed by atoms with Gasteiger partial charge in [-0.25, -0.2) is 0 Å². The number of aryl methyl sites for hydroxylation is 1. The second-order valence-electron chi connectivity index (χ2n) is 5.15. The number of rotatable bonds is 5. The normalized spacial score (nSPS) is 11.6. The average molecular weight is 314 g/mol. The van der Waals surface area contributed by atoms with Crippen molar-refractivity contribution in [1.29, 1.82) is 0 Å². The van der Waals surface area contributed by atoms with Crippen LogP contribution in [-0.4, -0.2) is 12.2 Å². The minimum Gasteiger partial charge on any atom is -0.497 e. The lowest BCUT2D eigenvalue weighted by atomic mass is 10.00. The first-order chi connectivity index (χ1) is 10.6. The summed E-state index contributed by atoms with van der Waals surface area (Å²) in [5.41, 5.74) is 3.46. The SMILES string of the molecule is CC[C@H](NC(=S)Nc1cccc(OC)c1)c1ccccc1C. The zero-order valence-electron chi connectivity index (χ0n) is 13.2. The largest absolute Gasteiger partial charge is 0.497 e. The molecule has 0 aliphatic rings. The van der Waals surface area contributed by atoms with Crippen molar-refractivity contribution in [3.05, 3.63) is 59.7 Å². The highest BCUT2D eigenvalue weighted by Gasteiger charge is 2.12. The van der Waals surface area contributed by atoms with Crippen LogP contribution in [0.1, 0.15) is 30.5 Å². The minimum atomic E-state index is 0.201. The Morgan fingerprint density at radius 1 is 1.18 bits per heavy atom. The van der Waals surface area contributed by atoms with E-state index < -0.39 is 0 Å². The van der Waals surface area contributed by atoms with Crippen LogP contribution in [0.3, 0.4) is 0 Å². The zero-order valence-corrected chi connectivity index (χ0v) is 14.0. The maximum Gasteiger partial charge on any atom is 0.171 e. The van der Waals surface area contributed by atoms with Crippen LogP contribution in [0, 0.1) is 6.92 Å². The molecule has 0 heterocycles. The first-order valence-electron chi connectivity index (χ1n) is 7.41. The molecule has 0 unspecified atom stereocenters. The Balaban J connectivity index is 2.05. The second-order valence-corrected chi connectivity index (χ2v) is 5.56. The number of methoxy groups -OCH3 is 1. The number of nitrogens with one attached hydrogen (secondary N) is 2. The summed E-state index contributed by atoms with van der Waals surface area (Å²) in [7, 11) is 1.65. The van der Waals surface area contributed by atoms with Crippen LogP contribution >= 0.6 is 12.2 Å². The summed E-state index contributed by atoms with van der Waals surface area (Å²) in [4.78, 5) is 0. The smallest absolute Gasteiger partial charge is 0.171 e. The van der Waals surface area contributed by atoms with Crippen molar-refractivity contribution in [3.63, 3.8) is 0 Å². The first-order valence-corrected chi connectivity index (χ1v) is 7.82. The summed E-state index contributed by atoms with van der Waals surface area (Å²) in [5.74, 6) is 0.804. The molecule has 0 aromatic heterocycles. The molecule has 2 N–H and O–H groups in total. The van der Waals surface area contributed by atoms with E-state index in [0.717, 1.165) is 17.9 Å². The molecule has 2 rings (SSSR count). The van der Waals surface area contributed by atoms with Crippen LogP contribution < -0.4 is 15.4 Å². The molecule has 2 aromatic rings. The van der Waals surface area contributed by atoms with E-state index in [1.807, 2.05) is 24.3 Å². The molecule has 4 heteroatoms. The topological polar surface area (TPSA) is 33.3 Å². The predicted octanol–water partition coefficient (Wildman–Crippen LogP) is 4.44. The Hall–Kier alpha value is -2.07. The molecule has 1 atom stereocenters. The van der Waals surface area contributed by atoms with Gasteiger partial charge >= 0.3 is 0 Å². The summed E-state index contributed by atoms with van der Waals surface area (Å²) in [6.45, 7) is 4.27. The van der Waals surface area contributed by atoms with Crippen molar-refractivity contribution in [2.24, 2.45) is 0 Å². The van der Waals surface area contributed by atoms with E-state index in [1.165, 1.54) is 11.1 Å². The molecule has 116 valence electrons. The number of thiocarbonyl (C=S) groups is 1. The lowest BCUT2D eigenvalue weighted by Gasteiger charge is -2.21. The molecule has 0 bridgehead atoms. The van der Waals surface area contributed by atoms with Crippen LogP contribution in [0.25, 0.3) is 0 Å². The fraction of sp³-hybridized carbons (Fsp3) is 0.278. The number of hydrogen-bond acceptors (Lipinski definition) is 2. The monoisotopic (exact) mass is 314 g/mol. The van der Waals surface area contributed by atoms with Gasteiger partial charge < -0.3 is 15.4 Å². The van der Waals surface area contributed by atoms with Gasteiger partial charge in [0, 0.05) is 11.8 Å². The fourth-order valence-corrected chi connectivity index (χ4v) is 2.66. The molecule has 0 saturated carbocycles. The lowest BCUT2D eigenvalue weighted by molar-refractivity contribution is 0.415. The third-order valence-electron chi connectivity index (χ3n) is 3.61. The van der Waals surface area contributed by atoms with E-state index in [9.17, 15) is 0 Å². The van der Waals surface area contributed by atoms with Crippen LogP contribution in [0.4, 0.5) is 5.69 Å². The van der Waals surface area contributed by atoms with Crippen LogP contribution in [-0.2, 0) is 0 Å². The van der Waals surface area contributed by atoms with E-state index in [-0.39, 0.29) is 6.04 Å². The highest BCUT2D eigenvalue weighted by atomic mass is 32.1. The molecule has 0 amide bonds. The van der Waals surface area contributed by atoms with E-state index in [2.05, 4.69) is 48.7 Å². The Kier molecular flexibility index (Phi) is 5.78. The third kappa shape index (κ3) is 4.21. The van der Waals surface area contributed by atoms with Crippen molar-refractivity contribution >= 4 is 23.0 Å². The van der Waals surface area contributed by atoms with E-state index in [1.54, 1.807) is 7.11 Å². The van der Waals surface area contributed by atoms with Gasteiger partial charge in [0.15, 0.2) is 5.11 Å². The zero-order chi connectivity index (χ0) is 15.9. The van der Waals surface area contributed by atoms with Gasteiger partial charge in [0.2, 0.25) is 0 Å². The van der Waals surface area contributed by atoms with Crippen LogP contribution in [0.15, 0.2) is 48.5 Å². The summed E-state index contributed by atoms with van der Waals surface area (Å²) < 4.78 is 5.22. The molecular weight excluding hydrogens is 292 g/mol. The van der Waals surface area contributed by atoms with Gasteiger partial charge in [-0.3, -0.25) is 0 Å². The van der Waals surface area contributed by atoms with E-state index >= 15 is 0 Å². The number of benzene rings is 2. The minimum absolute atomic E-state index is 0.201. The van der Waals surface area contributed by atoms with Crippen molar-refractivity contribution < 1.29 is 4.74 Å². The summed E-state index contributed by atoms with van der Waals surface area (Å²) in [5, 5.41) is 7.21. The second kappa shape index (κ2) is 7.80. The molecule has 22 heavy (non-hydrogen) atoms. The highest BCUT2D eigenvalue weighted by molar-refractivity contribution is 7.80. The molecule has 2 aromatic carbocycles. The molecule has 0 radical (unpaired) electrons. The quantitative estimate of drug-likeness (QED) is 0.799. The van der Waals surface area contributed by atoms with E-state index in [4.69, 9.17) is 17.0 Å². The summed E-state index contributed by atoms with van der Waals surface area (Å²) in [6, 6.07) is 16.3. The maximum atomic E-state index is 5.44. The number of ether oxygens (including phenoxy) is 1. The lowest BCUT2D eigenvalue weighted by Crippen LogP contribution is -2.32. The summed E-state index contributed by atoms with van der Waals surface area (Å²) in [6.07, 6.45) is 0.963. The highest BCUT2D eigenvalue weighted by Crippen LogP contribution is 2.21. The Labute approximate surface area is 137 Å². The molecular formula is C18H22N2OS. The third-order valence-corrected chi connectivity index (χ3v) is 3.82. The molecule has 3 nitrogen and oxygen atoms in total. The van der Waals surface area contributed by atoms with Gasteiger partial charge in [-0.2, -0.15) is 0 Å². The van der Waals surface area contributed by atoms with Crippen LogP contribution in [0.5, 0.6) is 5.75 Å². The van der Waals surface area contributed by atoms with Crippen molar-refractivity contribution in [1.82, 2.24) is 5.32 Å². The van der Waals surface area contributed by atoms with Crippen molar-refractivity contribution in [3.8, 4) is 5.75 Å². The Morgan fingerprint density at radius 2 is 1.95 bits per heavy atom. The molecule has 0 aliphatic carbocycles. The van der Waals surface area contributed by atoms with E-state index in [0.29, 0.717) is 5.11 Å². The first kappa shape index (κ1) is 16.3. The summed E-state index contributed by atoms with van der Waals surface area (Å²) >= 11 is 5.44. The number of hydrogen-bond donors (Lipinski definition) is 2. The molecule has 0 spiro atoms. The van der Waals surface area contributed by atoms with Gasteiger partial charge in [-0.1, -0.05) is 37.3 Å². The molecule has 0 aliphatic heterocycles. The van der Waals surface area contributed by atoms with Gasteiger partial charge in [0.25, 0.3) is 0 Å². The van der Waals surface area contributed by atoms with Gasteiger partial charge in [0.1, 0.15) is 5.75 Å². The van der Waals surface area contributed by atoms with Gasteiger partial charge in [-0.15, -0.1) is 0 Å². The fourth-order valence-electron chi connectivity index (χ4n) is 2.40. The molecule has 0 fully saturated rings. The van der Waals surface area contributed by atoms with Crippen molar-refractivity contribution in [2.75, 3.05) is 12.4 Å². The Bertz CT molecular complexity index is 642. The average Bonchev–Trinajstić information content (AvgIpc) is 2.53. The standard InChI is InChI=1S/C18H22N2OS/c1-4-17(16-11-6-5-8-13(16)2)20-18(22)19-14-9-7-10-15(12-14)21-3/h5-12,17H,4H2,1-3H3,(H2,19,20,22)/t17-/m0/s1. The Morgan fingerprint density at radius 3 is 2.64 bits per heavy atom. The maximum absolute atomic E-state index is 5.44. The van der Waals surface area contributed by atoms with Gasteiger partial charge in [0.05, 0.1) is 13.2 Å². The van der Waals surface area contributed by atoms with Crippen LogP contribution in [0.2, 0.25) is 0 Å². The predicted molar refractivity (Wildman–Crippen MR) is 96.6 cm³/mol.